The van der Waals surface area contributed by atoms with E-state index in [0.717, 1.165) is 33.1 Å². The lowest BCUT2D eigenvalue weighted by molar-refractivity contribution is 0.0910. The minimum absolute atomic E-state index is 0.0753. The molecule has 2 aliphatic rings. The summed E-state index contributed by atoms with van der Waals surface area (Å²) in [7, 11) is -4.52. The molecule has 0 bridgehead atoms. The number of hydrogen-bond donors (Lipinski definition) is 2. The van der Waals surface area contributed by atoms with E-state index in [9.17, 15) is 32.9 Å². The van der Waals surface area contributed by atoms with Crippen LogP contribution < -0.4 is 21.3 Å². The summed E-state index contributed by atoms with van der Waals surface area (Å²) in [6, 6.07) is 31.5. The average molecular weight is 755 g/mol. The van der Waals surface area contributed by atoms with Gasteiger partial charge < -0.3 is 11.5 Å². The summed E-state index contributed by atoms with van der Waals surface area (Å²) in [5.41, 5.74) is 15.3. The summed E-state index contributed by atoms with van der Waals surface area (Å²) in [4.78, 5) is 58.9. The third kappa shape index (κ3) is 5.38. The van der Waals surface area contributed by atoms with Crippen molar-refractivity contribution in [1.29, 1.82) is 5.26 Å². The van der Waals surface area contributed by atoms with E-state index in [2.05, 4.69) is 4.85 Å². The molecule has 56 heavy (non-hydrogen) atoms. The Morgan fingerprint density at radius 3 is 1.50 bits per heavy atom. The minimum Gasteiger partial charge on any atom is -0.399 e. The van der Waals surface area contributed by atoms with Gasteiger partial charge in [-0.25, -0.2) is 18.2 Å². The number of hydrogen-bond acceptors (Lipinski definition) is 9. The molecule has 0 atom stereocenters. The van der Waals surface area contributed by atoms with Gasteiger partial charge in [-0.05, 0) is 114 Å². The van der Waals surface area contributed by atoms with Crippen LogP contribution in [-0.4, -0.2) is 32.0 Å². The molecule has 4 N–H and O–H groups in total. The molecule has 8 rings (SSSR count). The molecule has 0 aromatic heterocycles. The van der Waals surface area contributed by atoms with Gasteiger partial charge >= 0.3 is 0 Å². The number of benzene rings is 6. The zero-order valence-corrected chi connectivity index (χ0v) is 30.1. The van der Waals surface area contributed by atoms with E-state index < -0.39 is 49.6 Å². The van der Waals surface area contributed by atoms with Crippen molar-refractivity contribution in [3.63, 3.8) is 0 Å². The number of carbonyl (C=O) groups excluding carboxylic acids is 4. The molecule has 2 aliphatic heterocycles. The van der Waals surface area contributed by atoms with E-state index >= 15 is 0 Å². The number of aryl methyl sites for hydroxylation is 1. The number of carbonyl (C=O) groups is 4. The highest BCUT2D eigenvalue weighted by molar-refractivity contribution is 7.91. The fraction of sp³-hybridized carbons (Fsp3) is 0.0233. The summed E-state index contributed by atoms with van der Waals surface area (Å²) in [5, 5.41) is 10.2. The molecule has 6 aromatic carbocycles. The van der Waals surface area contributed by atoms with Gasteiger partial charge in [-0.15, -0.1) is 0 Å². The fourth-order valence-corrected chi connectivity index (χ4v) is 8.48. The fourth-order valence-electron chi connectivity index (χ4n) is 6.99. The van der Waals surface area contributed by atoms with Crippen LogP contribution in [0, 0.1) is 24.8 Å². The average Bonchev–Trinajstić information content (AvgIpc) is 3.60. The number of nitrogens with two attached hydrogens (primary N) is 2. The molecule has 0 saturated carbocycles. The van der Waals surface area contributed by atoms with Crippen LogP contribution in [0.3, 0.4) is 0 Å². The first-order valence-electron chi connectivity index (χ1n) is 16.9. The molecule has 6 aromatic rings. The van der Waals surface area contributed by atoms with Crippen molar-refractivity contribution in [3.8, 4) is 28.3 Å². The van der Waals surface area contributed by atoms with Crippen molar-refractivity contribution in [2.75, 3.05) is 21.3 Å². The van der Waals surface area contributed by atoms with Gasteiger partial charge in [0.2, 0.25) is 15.5 Å². The van der Waals surface area contributed by atoms with E-state index in [1.165, 1.54) is 31.2 Å². The monoisotopic (exact) mass is 754 g/mol. The maximum Gasteiger partial charge on any atom is 0.266 e. The first-order valence-corrected chi connectivity index (χ1v) is 18.4. The molecule has 0 saturated heterocycles. The zero-order chi connectivity index (χ0) is 39.6. The van der Waals surface area contributed by atoms with Gasteiger partial charge in [0.25, 0.3) is 23.6 Å². The quantitative estimate of drug-likeness (QED) is 0.0995. The maximum absolute atomic E-state index is 14.1. The largest absolute Gasteiger partial charge is 0.399 e. The molecule has 13 heteroatoms. The maximum atomic E-state index is 14.1. The molecule has 0 spiro atoms. The lowest BCUT2D eigenvalue weighted by atomic mass is 10.00. The Morgan fingerprint density at radius 2 is 1.04 bits per heavy atom. The minimum atomic E-state index is -4.52. The van der Waals surface area contributed by atoms with Crippen molar-refractivity contribution >= 4 is 61.9 Å². The summed E-state index contributed by atoms with van der Waals surface area (Å²) >= 11 is 0. The number of anilines is 4. The highest BCUT2D eigenvalue weighted by Crippen LogP contribution is 2.42. The van der Waals surface area contributed by atoms with Crippen LogP contribution in [0.4, 0.5) is 28.4 Å². The SMILES string of the molecule is [C-]#[N+]c1c(N2C(=O)c3ccc(-c4ccc(N)cc4)cc3C2=O)ccc(S(=O)(=O)c2ccc(N3C(=O)c4ccc(-c5ccc(N)cc5)cc4C3=O)c(C)c2)c1C#N. The van der Waals surface area contributed by atoms with Gasteiger partial charge in [0.15, 0.2) is 0 Å². The number of imide groups is 2. The van der Waals surface area contributed by atoms with Crippen LogP contribution in [0.2, 0.25) is 0 Å². The number of nitrogen functional groups attached to an aromatic ring is 2. The summed E-state index contributed by atoms with van der Waals surface area (Å²) in [6.07, 6.45) is 0. The van der Waals surface area contributed by atoms with Crippen molar-refractivity contribution < 1.29 is 27.6 Å². The lowest BCUT2D eigenvalue weighted by Crippen LogP contribution is -2.30. The van der Waals surface area contributed by atoms with E-state index in [-0.39, 0.29) is 44.1 Å². The Hall–Kier alpha value is -7.87. The summed E-state index contributed by atoms with van der Waals surface area (Å²) in [6.45, 7) is 9.46. The number of fused-ring (bicyclic) bond motifs is 2. The number of nitriles is 1. The second-order valence-electron chi connectivity index (χ2n) is 13.1. The molecule has 12 nitrogen and oxygen atoms in total. The third-order valence-corrected chi connectivity index (χ3v) is 11.6. The van der Waals surface area contributed by atoms with Crippen molar-refractivity contribution in [2.45, 2.75) is 16.7 Å². The molecular weight excluding hydrogens is 729 g/mol. The summed E-state index contributed by atoms with van der Waals surface area (Å²) < 4.78 is 28.3. The Balaban J connectivity index is 1.11. The molecule has 0 fully saturated rings. The van der Waals surface area contributed by atoms with Crippen molar-refractivity contribution in [1.82, 2.24) is 0 Å². The molecule has 0 aliphatic carbocycles. The first-order chi connectivity index (χ1) is 26.8. The van der Waals surface area contributed by atoms with Crippen LogP contribution in [-0.2, 0) is 9.84 Å². The van der Waals surface area contributed by atoms with Crippen molar-refractivity contribution in [3.05, 3.63) is 160 Å². The molecule has 0 radical (unpaired) electrons. The second kappa shape index (κ2) is 12.9. The van der Waals surface area contributed by atoms with E-state index in [0.29, 0.717) is 22.5 Å². The lowest BCUT2D eigenvalue weighted by Gasteiger charge is -2.19. The number of nitrogens with zero attached hydrogens (tertiary/aromatic N) is 4. The number of amides is 4. The molecule has 4 amide bonds. The Kier molecular flexibility index (Phi) is 8.11. The molecule has 0 unspecified atom stereocenters. The van der Waals surface area contributed by atoms with E-state index in [1.54, 1.807) is 84.9 Å². The number of rotatable bonds is 6. The van der Waals surface area contributed by atoms with Gasteiger partial charge in [0.1, 0.15) is 0 Å². The van der Waals surface area contributed by atoms with Crippen LogP contribution >= 0.6 is 0 Å². The van der Waals surface area contributed by atoms with Crippen LogP contribution in [0.1, 0.15) is 52.6 Å². The van der Waals surface area contributed by atoms with Gasteiger partial charge in [-0.1, -0.05) is 36.4 Å². The zero-order valence-electron chi connectivity index (χ0n) is 29.3. The summed E-state index contributed by atoms with van der Waals surface area (Å²) in [5.74, 6) is -2.64. The smallest absolute Gasteiger partial charge is 0.266 e. The predicted octanol–water partition coefficient (Wildman–Crippen LogP) is 7.35. The molecular formula is C43H26N6O6S. The first kappa shape index (κ1) is 35.2. The molecule has 270 valence electrons. The topological polar surface area (TPSA) is 189 Å². The Labute approximate surface area is 320 Å². The third-order valence-electron chi connectivity index (χ3n) is 9.85. The molecule has 2 heterocycles. The van der Waals surface area contributed by atoms with E-state index in [4.69, 9.17) is 18.0 Å². The van der Waals surface area contributed by atoms with Gasteiger partial charge in [-0.2, -0.15) is 5.26 Å². The van der Waals surface area contributed by atoms with E-state index in [1.807, 2.05) is 0 Å². The van der Waals surface area contributed by atoms with Crippen LogP contribution in [0.5, 0.6) is 0 Å². The predicted molar refractivity (Wildman–Crippen MR) is 209 cm³/mol. The van der Waals surface area contributed by atoms with Gasteiger partial charge in [-0.3, -0.25) is 24.1 Å². The normalized spacial score (nSPS) is 13.4. The number of sulfone groups is 1. The highest BCUT2D eigenvalue weighted by Gasteiger charge is 2.40. The Morgan fingerprint density at radius 1 is 0.589 bits per heavy atom. The van der Waals surface area contributed by atoms with Gasteiger partial charge in [0.05, 0.1) is 61.6 Å². The highest BCUT2D eigenvalue weighted by atomic mass is 32.2. The van der Waals surface area contributed by atoms with Gasteiger partial charge in [0, 0.05) is 11.4 Å². The standard InChI is InChI=1S/C43H26N6O6S/c1-23-19-30(13-16-36(23)48-40(50)31-14-7-26(20-33(31)42(48)52)24-3-9-28(45)10-4-24)56(54,55)38-18-17-37(39(47-2)35(38)22-44)49-41(51)32-15-8-27(21-34(32)43(49)53)25-5-11-29(46)12-6-25/h3-21H,45-46H2,1H3. The second-order valence-corrected chi connectivity index (χ2v) is 15.1. The van der Waals surface area contributed by atoms with Crippen molar-refractivity contribution in [2.24, 2.45) is 0 Å². The Bertz CT molecular complexity index is 2960. The van der Waals surface area contributed by atoms with Crippen LogP contribution in [0.25, 0.3) is 27.1 Å². The van der Waals surface area contributed by atoms with Crippen LogP contribution in [0.15, 0.2) is 125 Å².